The molecule has 0 bridgehead atoms. The fourth-order valence-electron chi connectivity index (χ4n) is 1.63. The van der Waals surface area contributed by atoms with E-state index >= 15 is 0 Å². The van der Waals surface area contributed by atoms with Gasteiger partial charge in [-0.05, 0) is 19.9 Å². The Morgan fingerprint density at radius 1 is 1.58 bits per heavy atom. The molecule has 1 N–H and O–H groups in total. The molecule has 0 aliphatic heterocycles. The zero-order valence-corrected chi connectivity index (χ0v) is 10.8. The molecule has 100 valence electrons. The van der Waals surface area contributed by atoms with Crippen LogP contribution in [0.25, 0.3) is 0 Å². The predicted molar refractivity (Wildman–Crippen MR) is 66.4 cm³/mol. The van der Waals surface area contributed by atoms with Gasteiger partial charge >= 0.3 is 0 Å². The van der Waals surface area contributed by atoms with Crippen molar-refractivity contribution in [2.24, 2.45) is 12.1 Å². The van der Waals surface area contributed by atoms with Crippen LogP contribution in [0.3, 0.4) is 0 Å². The van der Waals surface area contributed by atoms with Crippen LogP contribution in [-0.2, 0) is 7.05 Å². The van der Waals surface area contributed by atoms with Crippen molar-refractivity contribution in [1.82, 2.24) is 15.2 Å². The van der Waals surface area contributed by atoms with E-state index in [-0.39, 0.29) is 5.56 Å². The fourth-order valence-corrected chi connectivity index (χ4v) is 1.63. The SMILES string of the molecule is Cc1nn(C)c(F)c1C=NNC(=O)c1ccoc1C. The summed E-state index contributed by atoms with van der Waals surface area (Å²) in [6, 6.07) is 1.54. The number of hydrazone groups is 1. The molecule has 0 fully saturated rings. The molecule has 0 unspecified atom stereocenters. The van der Waals surface area contributed by atoms with Crippen molar-refractivity contribution in [2.75, 3.05) is 0 Å². The van der Waals surface area contributed by atoms with Gasteiger partial charge in [-0.3, -0.25) is 4.79 Å². The number of carbonyl (C=O) groups excluding carboxylic acids is 1. The van der Waals surface area contributed by atoms with Gasteiger partial charge in [0.15, 0.2) is 0 Å². The van der Waals surface area contributed by atoms with Crippen molar-refractivity contribution in [3.8, 4) is 0 Å². The molecule has 2 aromatic heterocycles. The number of hydrogen-bond acceptors (Lipinski definition) is 4. The van der Waals surface area contributed by atoms with Crippen LogP contribution in [0.4, 0.5) is 4.39 Å². The van der Waals surface area contributed by atoms with Crippen LogP contribution in [0.15, 0.2) is 21.8 Å². The van der Waals surface area contributed by atoms with Crippen LogP contribution in [0.2, 0.25) is 0 Å². The Kier molecular flexibility index (Phi) is 3.46. The molecule has 0 atom stereocenters. The number of carbonyl (C=O) groups is 1. The Bertz CT molecular complexity index is 642. The largest absolute Gasteiger partial charge is 0.469 e. The lowest BCUT2D eigenvalue weighted by Crippen LogP contribution is -2.17. The van der Waals surface area contributed by atoms with Crippen molar-refractivity contribution in [3.63, 3.8) is 0 Å². The summed E-state index contributed by atoms with van der Waals surface area (Å²) in [4.78, 5) is 11.7. The average Bonchev–Trinajstić information content (AvgIpc) is 2.88. The van der Waals surface area contributed by atoms with Crippen LogP contribution in [0.1, 0.15) is 27.4 Å². The second-order valence-electron chi connectivity index (χ2n) is 4.00. The Labute approximate surface area is 108 Å². The van der Waals surface area contributed by atoms with Crippen LogP contribution < -0.4 is 5.43 Å². The van der Waals surface area contributed by atoms with Crippen LogP contribution in [0.5, 0.6) is 0 Å². The summed E-state index contributed by atoms with van der Waals surface area (Å²) in [7, 11) is 1.49. The van der Waals surface area contributed by atoms with Crippen LogP contribution >= 0.6 is 0 Å². The van der Waals surface area contributed by atoms with Gasteiger partial charge in [-0.15, -0.1) is 0 Å². The number of amides is 1. The van der Waals surface area contributed by atoms with E-state index in [1.165, 1.54) is 25.6 Å². The van der Waals surface area contributed by atoms with Crippen molar-refractivity contribution < 1.29 is 13.6 Å². The van der Waals surface area contributed by atoms with E-state index < -0.39 is 11.9 Å². The topological polar surface area (TPSA) is 72.4 Å². The molecule has 0 aliphatic carbocycles. The minimum Gasteiger partial charge on any atom is -0.469 e. The lowest BCUT2D eigenvalue weighted by molar-refractivity contribution is 0.0953. The second kappa shape index (κ2) is 5.05. The molecule has 6 nitrogen and oxygen atoms in total. The Balaban J connectivity index is 2.09. The summed E-state index contributed by atoms with van der Waals surface area (Å²) in [5, 5.41) is 7.61. The molecule has 2 aromatic rings. The van der Waals surface area contributed by atoms with E-state index in [9.17, 15) is 9.18 Å². The molecular weight excluding hydrogens is 251 g/mol. The monoisotopic (exact) mass is 264 g/mol. The number of halogens is 1. The van der Waals surface area contributed by atoms with Crippen molar-refractivity contribution in [1.29, 1.82) is 0 Å². The molecule has 0 saturated carbocycles. The Morgan fingerprint density at radius 2 is 2.32 bits per heavy atom. The van der Waals surface area contributed by atoms with Crippen molar-refractivity contribution >= 4 is 12.1 Å². The number of aromatic nitrogens is 2. The maximum Gasteiger partial charge on any atom is 0.274 e. The van der Waals surface area contributed by atoms with Gasteiger partial charge in [0, 0.05) is 7.05 Å². The molecular formula is C12H13FN4O2. The van der Waals surface area contributed by atoms with Gasteiger partial charge < -0.3 is 4.42 Å². The molecule has 2 rings (SSSR count). The highest BCUT2D eigenvalue weighted by Gasteiger charge is 2.12. The molecule has 0 spiro atoms. The number of rotatable bonds is 3. The van der Waals surface area contributed by atoms with Gasteiger partial charge in [-0.1, -0.05) is 0 Å². The van der Waals surface area contributed by atoms with Gasteiger partial charge in [0.2, 0.25) is 5.95 Å². The maximum absolute atomic E-state index is 13.6. The number of hydrogen-bond donors (Lipinski definition) is 1. The normalized spacial score (nSPS) is 11.2. The number of nitrogens with zero attached hydrogens (tertiary/aromatic N) is 3. The van der Waals surface area contributed by atoms with Gasteiger partial charge in [-0.2, -0.15) is 14.6 Å². The van der Waals surface area contributed by atoms with Crippen LogP contribution in [-0.4, -0.2) is 21.9 Å². The molecule has 2 heterocycles. The summed E-state index contributed by atoms with van der Waals surface area (Å²) in [6.45, 7) is 3.33. The molecule has 7 heteroatoms. The molecule has 0 aliphatic rings. The highest BCUT2D eigenvalue weighted by Crippen LogP contribution is 2.09. The first-order chi connectivity index (χ1) is 9.00. The number of nitrogens with one attached hydrogen (secondary N) is 1. The quantitative estimate of drug-likeness (QED) is 0.675. The molecule has 0 aromatic carbocycles. The minimum absolute atomic E-state index is 0.242. The van der Waals surface area contributed by atoms with Gasteiger partial charge in [0.25, 0.3) is 5.91 Å². The zero-order chi connectivity index (χ0) is 14.0. The third-order valence-electron chi connectivity index (χ3n) is 2.66. The zero-order valence-electron chi connectivity index (χ0n) is 10.8. The standard InChI is InChI=1S/C12H13FN4O2/c1-7-10(11(13)17(3)16-7)6-14-15-12(18)9-4-5-19-8(9)2/h4-6H,1-3H3,(H,15,18). The van der Waals surface area contributed by atoms with Crippen LogP contribution in [0, 0.1) is 19.8 Å². The van der Waals surface area contributed by atoms with E-state index in [1.54, 1.807) is 13.8 Å². The minimum atomic E-state index is -0.505. The lowest BCUT2D eigenvalue weighted by Gasteiger charge is -1.97. The van der Waals surface area contributed by atoms with E-state index in [0.717, 1.165) is 4.68 Å². The highest BCUT2D eigenvalue weighted by molar-refractivity contribution is 5.95. The average molecular weight is 264 g/mol. The Morgan fingerprint density at radius 3 is 2.84 bits per heavy atom. The highest BCUT2D eigenvalue weighted by atomic mass is 19.1. The van der Waals surface area contributed by atoms with E-state index in [0.29, 0.717) is 17.0 Å². The van der Waals surface area contributed by atoms with E-state index in [4.69, 9.17) is 4.42 Å². The summed E-state index contributed by atoms with van der Waals surface area (Å²) in [6.07, 6.45) is 2.64. The third kappa shape index (κ3) is 2.54. The first-order valence-electron chi connectivity index (χ1n) is 5.57. The number of aryl methyl sites for hydroxylation is 3. The van der Waals surface area contributed by atoms with Crippen molar-refractivity contribution in [3.05, 3.63) is 40.9 Å². The Hall–Kier alpha value is -2.44. The van der Waals surface area contributed by atoms with Gasteiger partial charge in [0.05, 0.1) is 29.3 Å². The van der Waals surface area contributed by atoms with Gasteiger partial charge in [0.1, 0.15) is 5.76 Å². The second-order valence-corrected chi connectivity index (χ2v) is 4.00. The summed E-state index contributed by atoms with van der Waals surface area (Å²) in [5.41, 5.74) is 3.43. The molecule has 0 saturated heterocycles. The predicted octanol–water partition coefficient (Wildman–Crippen LogP) is 1.53. The summed E-state index contributed by atoms with van der Waals surface area (Å²) >= 11 is 0. The fraction of sp³-hybridized carbons (Fsp3) is 0.250. The van der Waals surface area contributed by atoms with E-state index in [2.05, 4.69) is 15.6 Å². The summed E-state index contributed by atoms with van der Waals surface area (Å²) in [5.74, 6) is -0.420. The first kappa shape index (κ1) is 13.0. The summed E-state index contributed by atoms with van der Waals surface area (Å²) < 4.78 is 19.7. The molecule has 1 amide bonds. The van der Waals surface area contributed by atoms with Gasteiger partial charge in [-0.25, -0.2) is 10.1 Å². The number of furan rings is 1. The molecule has 0 radical (unpaired) electrons. The van der Waals surface area contributed by atoms with E-state index in [1.807, 2.05) is 0 Å². The smallest absolute Gasteiger partial charge is 0.274 e. The lowest BCUT2D eigenvalue weighted by atomic mass is 10.2. The first-order valence-corrected chi connectivity index (χ1v) is 5.57. The maximum atomic E-state index is 13.6. The third-order valence-corrected chi connectivity index (χ3v) is 2.66. The van der Waals surface area contributed by atoms with Crippen molar-refractivity contribution in [2.45, 2.75) is 13.8 Å². The molecule has 19 heavy (non-hydrogen) atoms.